The minimum absolute atomic E-state index is 0. The Kier molecular flexibility index (Phi) is 14.9. The van der Waals surface area contributed by atoms with Crippen LogP contribution in [0.15, 0.2) is 47.5 Å². The molecule has 1 amide bonds. The van der Waals surface area contributed by atoms with Crippen molar-refractivity contribution >= 4 is 47.8 Å². The fourth-order valence-electron chi connectivity index (χ4n) is 6.37. The molecule has 4 rings (SSSR count). The van der Waals surface area contributed by atoms with E-state index in [9.17, 15) is 9.90 Å². The summed E-state index contributed by atoms with van der Waals surface area (Å²) in [5, 5.41) is 16.0. The number of piperidine rings is 1. The predicted octanol–water partition coefficient (Wildman–Crippen LogP) is 2.22. The standard InChI is InChI=1S/C29H42N4O3S2.O.Tc/c1-31(36-2)29(35)28-25(23-9-8-21-6-3-4-7-22(21)18-23)19-24-10-11-26(28)33(24)14-5-13-32(15-17-38)20-27(34)30-12-16-37;;/h3-4,6-9,18,24-26,28,37-38H,5,10-17,19-20H2,1-2H3,(H,30,34);;/q;-2;+5/p-3. The molecule has 2 aromatic carbocycles. The third-order valence-corrected chi connectivity index (χ3v) is 8.54. The molecule has 4 unspecified atom stereocenters. The Hall–Kier alpha value is -1.17. The van der Waals surface area contributed by atoms with Crippen molar-refractivity contribution in [1.82, 2.24) is 14.9 Å². The van der Waals surface area contributed by atoms with Crippen molar-refractivity contribution in [2.75, 3.05) is 58.4 Å². The summed E-state index contributed by atoms with van der Waals surface area (Å²) in [4.78, 5) is 27.7. The normalized spacial score (nSPS) is 22.7. The number of hydroxylamine groups is 2. The van der Waals surface area contributed by atoms with Gasteiger partial charge in [0.25, 0.3) is 5.91 Å². The van der Waals surface area contributed by atoms with Crippen molar-refractivity contribution in [3.05, 3.63) is 48.0 Å². The van der Waals surface area contributed by atoms with Gasteiger partial charge in [0, 0.05) is 32.2 Å². The molecule has 2 fully saturated rings. The van der Waals surface area contributed by atoms with Gasteiger partial charge >= 0.3 is 20.1 Å². The van der Waals surface area contributed by atoms with E-state index in [-0.39, 0.29) is 55.3 Å². The van der Waals surface area contributed by atoms with Crippen LogP contribution in [0, 0.1) is 5.92 Å². The number of hydrogen-bond acceptors (Lipinski definition) is 8. The zero-order valence-electron chi connectivity index (χ0n) is 23.2. The number of nitrogens with zero attached hydrogens (tertiary/aromatic N) is 4. The molecule has 218 valence electrons. The fourth-order valence-corrected chi connectivity index (χ4v) is 6.72. The van der Waals surface area contributed by atoms with Crippen LogP contribution in [0.25, 0.3) is 10.8 Å². The molecule has 0 aromatic heterocycles. The van der Waals surface area contributed by atoms with Gasteiger partial charge in [0.1, 0.15) is 0 Å². The number of hydrogen-bond donors (Lipinski definition) is 0. The van der Waals surface area contributed by atoms with Crippen LogP contribution in [0.3, 0.4) is 0 Å². The summed E-state index contributed by atoms with van der Waals surface area (Å²) in [5.74, 6) is 0.950. The maximum atomic E-state index is 13.7. The maximum Gasteiger partial charge on any atom is 5.00 e. The second kappa shape index (κ2) is 17.1. The zero-order valence-corrected chi connectivity index (χ0v) is 26.7. The van der Waals surface area contributed by atoms with Crippen LogP contribution in [0.1, 0.15) is 37.2 Å². The molecule has 8 nitrogen and oxygen atoms in total. The first-order valence-corrected chi connectivity index (χ1v) is 14.8. The monoisotopic (exact) mass is 668 g/mol. The van der Waals surface area contributed by atoms with E-state index < -0.39 is 0 Å². The molecule has 11 heteroatoms. The molecule has 40 heavy (non-hydrogen) atoms. The summed E-state index contributed by atoms with van der Waals surface area (Å²) in [6.45, 7) is 3.07. The van der Waals surface area contributed by atoms with Crippen molar-refractivity contribution in [2.45, 2.75) is 43.7 Å². The molecule has 0 saturated carbocycles. The van der Waals surface area contributed by atoms with Gasteiger partial charge in [0.2, 0.25) is 0 Å². The molecular weight excluding hydrogens is 630 g/mol. The van der Waals surface area contributed by atoms with E-state index >= 15 is 0 Å². The fraction of sp³-hybridized carbons (Fsp3) is 0.586. The number of amides is 1. The maximum absolute atomic E-state index is 13.7. The largest absolute Gasteiger partial charge is 5.00 e. The van der Waals surface area contributed by atoms with E-state index in [1.165, 1.54) is 21.4 Å². The molecule has 2 aromatic rings. The van der Waals surface area contributed by atoms with E-state index in [0.717, 1.165) is 38.8 Å². The smallest absolute Gasteiger partial charge is 2.00 e. The second-order valence-electron chi connectivity index (χ2n) is 10.3. The van der Waals surface area contributed by atoms with Crippen LogP contribution < -0.4 is 5.11 Å². The summed E-state index contributed by atoms with van der Waals surface area (Å²) >= 11 is 10.1. The van der Waals surface area contributed by atoms with Crippen molar-refractivity contribution in [3.63, 3.8) is 0 Å². The van der Waals surface area contributed by atoms with Gasteiger partial charge in [-0.1, -0.05) is 42.5 Å². The average molecular weight is 670 g/mol. The predicted molar refractivity (Wildman–Crippen MR) is 157 cm³/mol. The first-order valence-electron chi connectivity index (χ1n) is 13.6. The van der Waals surface area contributed by atoms with Crippen LogP contribution in [-0.2, 0) is 60.5 Å². The summed E-state index contributed by atoms with van der Waals surface area (Å²) in [5.41, 5.74) is 1.24. The average Bonchev–Trinajstić information content (AvgIpc) is 3.21. The molecule has 0 N–H and O–H groups in total. The van der Waals surface area contributed by atoms with Crippen molar-refractivity contribution < 1.29 is 40.3 Å². The minimum atomic E-state index is -0.164. The Morgan fingerprint density at radius 3 is 2.58 bits per heavy atom. The number of benzene rings is 2. The third-order valence-electron chi connectivity index (χ3n) is 8.17. The first kappa shape index (κ1) is 35.0. The molecule has 2 aliphatic rings. The van der Waals surface area contributed by atoms with Crippen LogP contribution in [0.4, 0.5) is 0 Å². The van der Waals surface area contributed by atoms with Crippen molar-refractivity contribution in [2.24, 2.45) is 10.9 Å². The molecule has 2 heterocycles. The van der Waals surface area contributed by atoms with Crippen LogP contribution in [-0.4, -0.2) is 97.1 Å². The molecule has 0 spiro atoms. The molecule has 2 aliphatic heterocycles. The van der Waals surface area contributed by atoms with E-state index in [4.69, 9.17) is 30.1 Å². The second-order valence-corrected chi connectivity index (χ2v) is 11.2. The molecule has 4 atom stereocenters. The number of carbonyl (C=O) groups excluding carboxylic acids is 1. The van der Waals surface area contributed by atoms with Gasteiger partial charge in [-0.05, 0) is 73.5 Å². The first-order chi connectivity index (χ1) is 18.5. The summed E-state index contributed by atoms with van der Waals surface area (Å²) in [7, 11) is 3.27. The van der Waals surface area contributed by atoms with Crippen LogP contribution in [0.5, 0.6) is 0 Å². The van der Waals surface area contributed by atoms with Crippen LogP contribution in [0.2, 0.25) is 0 Å². The van der Waals surface area contributed by atoms with E-state index in [1.54, 1.807) is 14.2 Å². The van der Waals surface area contributed by atoms with Gasteiger partial charge < -0.3 is 45.7 Å². The Balaban J connectivity index is 0.00000280. The number of fused-ring (bicyclic) bond motifs is 3. The topological polar surface area (TPSA) is 99.9 Å². The van der Waals surface area contributed by atoms with Crippen LogP contribution >= 0.6 is 0 Å². The Bertz CT molecular complexity index is 1110. The zero-order chi connectivity index (χ0) is 27.1. The summed E-state index contributed by atoms with van der Waals surface area (Å²) in [6.07, 6.45) is 3.98. The van der Waals surface area contributed by atoms with Crippen molar-refractivity contribution in [3.8, 4) is 0 Å². The minimum Gasteiger partial charge on any atom is -2.00 e. The molecule has 2 bridgehead atoms. The molecule has 2 saturated heterocycles. The van der Waals surface area contributed by atoms with Gasteiger partial charge in [0.05, 0.1) is 13.0 Å². The summed E-state index contributed by atoms with van der Waals surface area (Å²) in [6, 6.07) is 15.7. The number of aliphatic imine (C=N–C) groups is 1. The molecular formula is C29H39N4O4S2Tc. The Morgan fingerprint density at radius 1 is 1.12 bits per heavy atom. The van der Waals surface area contributed by atoms with Gasteiger partial charge in [0.15, 0.2) is 0 Å². The van der Waals surface area contributed by atoms with Gasteiger partial charge in [-0.25, -0.2) is 5.06 Å². The van der Waals surface area contributed by atoms with Gasteiger partial charge in [-0.15, -0.1) is 0 Å². The Morgan fingerprint density at radius 2 is 1.88 bits per heavy atom. The third kappa shape index (κ3) is 8.44. The quantitative estimate of drug-likeness (QED) is 0.140. The SMILES string of the molecule is CON(C)C(=O)C1C(c2ccc3ccccc3c2)CC2CCC1N2CCCN(CC[S-])CC([O-])=NCC[S-].[O-2].[Tc+5]. The summed E-state index contributed by atoms with van der Waals surface area (Å²) < 4.78 is 0. The van der Waals surface area contributed by atoms with E-state index in [0.29, 0.717) is 37.2 Å². The molecule has 0 aliphatic carbocycles. The number of rotatable bonds is 13. The number of carbonyl (C=O) groups is 1. The van der Waals surface area contributed by atoms with Gasteiger partial charge in [-0.2, -0.15) is 11.5 Å². The molecule has 0 radical (unpaired) electrons. The van der Waals surface area contributed by atoms with Gasteiger partial charge in [-0.3, -0.25) is 14.5 Å². The van der Waals surface area contributed by atoms with Crippen molar-refractivity contribution in [1.29, 1.82) is 0 Å². The van der Waals surface area contributed by atoms with E-state index in [2.05, 4.69) is 57.3 Å². The Labute approximate surface area is 263 Å². The van der Waals surface area contributed by atoms with E-state index in [1.807, 2.05) is 0 Å².